The molecule has 0 fully saturated rings. The molecule has 1 atom stereocenters. The Morgan fingerprint density at radius 2 is 2.14 bits per heavy atom. The fourth-order valence-electron chi connectivity index (χ4n) is 2.37. The van der Waals surface area contributed by atoms with Crippen LogP contribution in [0, 0.1) is 5.82 Å². The average molecular weight is 287 g/mol. The molecule has 0 saturated heterocycles. The molecule has 0 aliphatic heterocycles. The number of halogens is 1. The van der Waals surface area contributed by atoms with Gasteiger partial charge in [-0.2, -0.15) is 0 Å². The molecule has 0 radical (unpaired) electrons. The molecule has 21 heavy (non-hydrogen) atoms. The van der Waals surface area contributed by atoms with Crippen molar-refractivity contribution in [1.29, 1.82) is 0 Å². The van der Waals surface area contributed by atoms with E-state index in [-0.39, 0.29) is 11.4 Å². The van der Waals surface area contributed by atoms with E-state index in [4.69, 9.17) is 0 Å². The highest BCUT2D eigenvalue weighted by Gasteiger charge is 2.18. The van der Waals surface area contributed by atoms with Crippen LogP contribution < -0.4 is 5.56 Å². The second kappa shape index (κ2) is 5.08. The Morgan fingerprint density at radius 3 is 2.90 bits per heavy atom. The first-order valence-electron chi connectivity index (χ1n) is 6.66. The summed E-state index contributed by atoms with van der Waals surface area (Å²) in [5.41, 5.74) is -0.0725. The number of fused-ring (bicyclic) bond motifs is 1. The van der Waals surface area contributed by atoms with Crippen molar-refractivity contribution in [3.8, 4) is 0 Å². The molecule has 3 aromatic rings. The van der Waals surface area contributed by atoms with Crippen LogP contribution >= 0.6 is 0 Å². The summed E-state index contributed by atoms with van der Waals surface area (Å²) in [5.74, 6) is 0.0700. The van der Waals surface area contributed by atoms with Gasteiger partial charge in [0, 0.05) is 6.54 Å². The summed E-state index contributed by atoms with van der Waals surface area (Å²) in [6.45, 7) is 4.46. The molecule has 0 bridgehead atoms. The molecule has 2 heterocycles. The number of nitrogens with zero attached hydrogens (tertiary/aromatic N) is 5. The summed E-state index contributed by atoms with van der Waals surface area (Å²) < 4.78 is 17.1. The third kappa shape index (κ3) is 2.10. The SMILES string of the molecule is CCn1cnnc1C(C)n1cnc2cccc(F)c2c1=O. The van der Waals surface area contributed by atoms with Gasteiger partial charge in [0.05, 0.1) is 17.9 Å². The van der Waals surface area contributed by atoms with E-state index in [1.807, 2.05) is 18.4 Å². The van der Waals surface area contributed by atoms with Gasteiger partial charge >= 0.3 is 0 Å². The van der Waals surface area contributed by atoms with E-state index in [9.17, 15) is 9.18 Å². The Hall–Kier alpha value is -2.57. The summed E-state index contributed by atoms with van der Waals surface area (Å²) in [6.07, 6.45) is 3.02. The Bertz CT molecular complexity index is 854. The van der Waals surface area contributed by atoms with Crippen LogP contribution in [0.1, 0.15) is 25.7 Å². The molecule has 0 saturated carbocycles. The van der Waals surface area contributed by atoms with E-state index in [2.05, 4.69) is 15.2 Å². The van der Waals surface area contributed by atoms with Crippen LogP contribution in [-0.2, 0) is 6.54 Å². The van der Waals surface area contributed by atoms with Crippen LogP contribution in [0.4, 0.5) is 4.39 Å². The molecule has 2 aromatic heterocycles. The third-order valence-electron chi connectivity index (χ3n) is 3.54. The van der Waals surface area contributed by atoms with Crippen molar-refractivity contribution in [1.82, 2.24) is 24.3 Å². The van der Waals surface area contributed by atoms with Gasteiger partial charge in [0.1, 0.15) is 17.5 Å². The number of aryl methyl sites for hydroxylation is 1. The quantitative estimate of drug-likeness (QED) is 0.736. The summed E-state index contributed by atoms with van der Waals surface area (Å²) in [6, 6.07) is 4.03. The minimum atomic E-state index is -0.566. The maximum Gasteiger partial charge on any atom is 0.264 e. The topological polar surface area (TPSA) is 65.6 Å². The summed E-state index contributed by atoms with van der Waals surface area (Å²) in [5, 5.41) is 7.89. The van der Waals surface area contributed by atoms with E-state index in [1.54, 1.807) is 12.4 Å². The fraction of sp³-hybridized carbons (Fsp3) is 0.286. The molecule has 0 amide bonds. The van der Waals surface area contributed by atoms with E-state index < -0.39 is 11.4 Å². The molecule has 3 rings (SSSR count). The monoisotopic (exact) mass is 287 g/mol. The summed E-state index contributed by atoms with van der Waals surface area (Å²) >= 11 is 0. The van der Waals surface area contributed by atoms with Crippen molar-refractivity contribution in [3.63, 3.8) is 0 Å². The lowest BCUT2D eigenvalue weighted by molar-refractivity contribution is 0.535. The Kier molecular flexibility index (Phi) is 3.25. The molecule has 6 nitrogen and oxygen atoms in total. The minimum absolute atomic E-state index is 0.00517. The zero-order chi connectivity index (χ0) is 15.0. The van der Waals surface area contributed by atoms with E-state index in [0.717, 1.165) is 0 Å². The fourth-order valence-corrected chi connectivity index (χ4v) is 2.37. The largest absolute Gasteiger partial charge is 0.316 e. The predicted octanol–water partition coefficient (Wildman–Crippen LogP) is 1.76. The molecule has 0 aliphatic carbocycles. The first kappa shape index (κ1) is 13.4. The standard InChI is InChI=1S/C14H14FN5O/c1-3-19-8-17-18-13(19)9(2)20-7-16-11-6-4-5-10(15)12(11)14(20)21/h4-9H,3H2,1-2H3. The molecule has 1 unspecified atom stereocenters. The molecule has 0 N–H and O–H groups in total. The van der Waals surface area contributed by atoms with Crippen LogP contribution in [0.15, 0.2) is 35.6 Å². The lowest BCUT2D eigenvalue weighted by Crippen LogP contribution is -2.26. The molecule has 0 aliphatic rings. The number of rotatable bonds is 3. The molecule has 108 valence electrons. The minimum Gasteiger partial charge on any atom is -0.316 e. The third-order valence-corrected chi connectivity index (χ3v) is 3.54. The van der Waals surface area contributed by atoms with E-state index in [1.165, 1.54) is 23.0 Å². The first-order valence-corrected chi connectivity index (χ1v) is 6.66. The first-order chi connectivity index (χ1) is 10.1. The maximum absolute atomic E-state index is 13.9. The van der Waals surface area contributed by atoms with Crippen LogP contribution in [0.25, 0.3) is 10.9 Å². The number of hydrogen-bond acceptors (Lipinski definition) is 4. The zero-order valence-corrected chi connectivity index (χ0v) is 11.7. The highest BCUT2D eigenvalue weighted by molar-refractivity contribution is 5.77. The lowest BCUT2D eigenvalue weighted by atomic mass is 10.2. The van der Waals surface area contributed by atoms with Crippen molar-refractivity contribution < 1.29 is 4.39 Å². The van der Waals surface area contributed by atoms with Crippen molar-refractivity contribution in [2.24, 2.45) is 0 Å². The lowest BCUT2D eigenvalue weighted by Gasteiger charge is -2.15. The number of benzene rings is 1. The Labute approximate surface area is 119 Å². The van der Waals surface area contributed by atoms with Crippen LogP contribution in [0.2, 0.25) is 0 Å². The Balaban J connectivity index is 2.19. The smallest absolute Gasteiger partial charge is 0.264 e. The van der Waals surface area contributed by atoms with Gasteiger partial charge in [0.15, 0.2) is 5.82 Å². The molecule has 1 aromatic carbocycles. The van der Waals surface area contributed by atoms with Gasteiger partial charge in [-0.25, -0.2) is 9.37 Å². The van der Waals surface area contributed by atoms with Crippen molar-refractivity contribution in [2.75, 3.05) is 0 Å². The van der Waals surface area contributed by atoms with E-state index in [0.29, 0.717) is 17.9 Å². The normalized spacial score (nSPS) is 12.7. The van der Waals surface area contributed by atoms with Crippen molar-refractivity contribution in [3.05, 3.63) is 52.8 Å². The van der Waals surface area contributed by atoms with Crippen LogP contribution in [-0.4, -0.2) is 24.3 Å². The highest BCUT2D eigenvalue weighted by Crippen LogP contribution is 2.16. The number of aromatic nitrogens is 5. The second-order valence-electron chi connectivity index (χ2n) is 4.74. The summed E-state index contributed by atoms with van der Waals surface area (Å²) in [4.78, 5) is 16.7. The van der Waals surface area contributed by atoms with Gasteiger partial charge < -0.3 is 4.57 Å². The maximum atomic E-state index is 13.9. The van der Waals surface area contributed by atoms with Gasteiger partial charge in [0.2, 0.25) is 0 Å². The van der Waals surface area contributed by atoms with Crippen molar-refractivity contribution in [2.45, 2.75) is 26.4 Å². The molecule has 0 spiro atoms. The van der Waals surface area contributed by atoms with Gasteiger partial charge in [0.25, 0.3) is 5.56 Å². The zero-order valence-electron chi connectivity index (χ0n) is 11.7. The highest BCUT2D eigenvalue weighted by atomic mass is 19.1. The van der Waals surface area contributed by atoms with Gasteiger partial charge in [-0.3, -0.25) is 9.36 Å². The predicted molar refractivity (Wildman–Crippen MR) is 75.5 cm³/mol. The van der Waals surface area contributed by atoms with Crippen LogP contribution in [0.5, 0.6) is 0 Å². The second-order valence-corrected chi connectivity index (χ2v) is 4.74. The number of hydrogen-bond donors (Lipinski definition) is 0. The van der Waals surface area contributed by atoms with Gasteiger partial charge in [-0.15, -0.1) is 10.2 Å². The van der Waals surface area contributed by atoms with Gasteiger partial charge in [-0.1, -0.05) is 6.07 Å². The Morgan fingerprint density at radius 1 is 1.33 bits per heavy atom. The van der Waals surface area contributed by atoms with Crippen LogP contribution in [0.3, 0.4) is 0 Å². The van der Waals surface area contributed by atoms with Crippen molar-refractivity contribution >= 4 is 10.9 Å². The molecular formula is C14H14FN5O. The molecular weight excluding hydrogens is 273 g/mol. The molecule has 7 heteroatoms. The summed E-state index contributed by atoms with van der Waals surface area (Å²) in [7, 11) is 0. The van der Waals surface area contributed by atoms with E-state index >= 15 is 0 Å². The van der Waals surface area contributed by atoms with Gasteiger partial charge in [-0.05, 0) is 26.0 Å². The average Bonchev–Trinajstić information content (AvgIpc) is 2.95.